The van der Waals surface area contributed by atoms with Crippen LogP contribution in [0.5, 0.6) is 0 Å². The molecular formula is C19H21N3O2S2. The number of esters is 1. The first-order valence-corrected chi connectivity index (χ1v) is 10.5. The largest absolute Gasteiger partial charge is 0.462 e. The molecule has 136 valence electrons. The molecule has 0 saturated carbocycles. The summed E-state index contributed by atoms with van der Waals surface area (Å²) >= 11 is 3.44. The van der Waals surface area contributed by atoms with Crippen LogP contribution in [0.4, 0.5) is 0 Å². The van der Waals surface area contributed by atoms with Crippen LogP contribution >= 0.6 is 23.5 Å². The van der Waals surface area contributed by atoms with Gasteiger partial charge >= 0.3 is 5.97 Å². The van der Waals surface area contributed by atoms with Gasteiger partial charge in [-0.3, -0.25) is 4.98 Å². The molecule has 0 amide bonds. The molecule has 2 heterocycles. The standard InChI is InChI=1S/C19H21N3O2S2/c1-4-24-18(23)13-6-7-14-15(10-13)22-19(21-14)26-11-16-12(3)17(25-5-2)8-9-20-16/h6-10H,4-5,11H2,1-3H3,(H,21,22). The minimum absolute atomic E-state index is 0.316. The average Bonchev–Trinajstić information content (AvgIpc) is 3.05. The van der Waals surface area contributed by atoms with Crippen molar-refractivity contribution in [3.8, 4) is 0 Å². The second kappa shape index (κ2) is 8.60. The number of rotatable bonds is 7. The highest BCUT2D eigenvalue weighted by molar-refractivity contribution is 7.99. The minimum atomic E-state index is -0.316. The Bertz CT molecular complexity index is 924. The van der Waals surface area contributed by atoms with Crippen LogP contribution in [0.25, 0.3) is 11.0 Å². The van der Waals surface area contributed by atoms with Gasteiger partial charge in [-0.1, -0.05) is 18.7 Å². The molecule has 26 heavy (non-hydrogen) atoms. The number of aromatic nitrogens is 3. The average molecular weight is 388 g/mol. The van der Waals surface area contributed by atoms with Crippen LogP contribution in [0, 0.1) is 6.92 Å². The van der Waals surface area contributed by atoms with Gasteiger partial charge in [0, 0.05) is 16.8 Å². The zero-order valence-electron chi connectivity index (χ0n) is 15.0. The topological polar surface area (TPSA) is 67.9 Å². The lowest BCUT2D eigenvalue weighted by atomic mass is 10.2. The summed E-state index contributed by atoms with van der Waals surface area (Å²) in [4.78, 5) is 25.5. The van der Waals surface area contributed by atoms with Crippen LogP contribution in [0.15, 0.2) is 40.5 Å². The number of hydrogen-bond donors (Lipinski definition) is 1. The lowest BCUT2D eigenvalue weighted by molar-refractivity contribution is 0.0526. The molecule has 0 spiro atoms. The van der Waals surface area contributed by atoms with Crippen molar-refractivity contribution in [2.75, 3.05) is 12.4 Å². The maximum absolute atomic E-state index is 11.9. The van der Waals surface area contributed by atoms with E-state index in [1.165, 1.54) is 10.5 Å². The zero-order chi connectivity index (χ0) is 18.5. The third-order valence-electron chi connectivity index (χ3n) is 3.88. The highest BCUT2D eigenvalue weighted by Gasteiger charge is 2.11. The molecule has 3 aromatic rings. The monoisotopic (exact) mass is 387 g/mol. The summed E-state index contributed by atoms with van der Waals surface area (Å²) in [5.74, 6) is 1.47. The molecule has 3 rings (SSSR count). The van der Waals surface area contributed by atoms with Crippen LogP contribution < -0.4 is 0 Å². The highest BCUT2D eigenvalue weighted by Crippen LogP contribution is 2.28. The predicted octanol–water partition coefficient (Wildman–Crippen LogP) is 4.85. The van der Waals surface area contributed by atoms with E-state index < -0.39 is 0 Å². The van der Waals surface area contributed by atoms with Crippen molar-refractivity contribution in [1.29, 1.82) is 0 Å². The Balaban J connectivity index is 1.75. The van der Waals surface area contributed by atoms with Crippen molar-refractivity contribution >= 4 is 40.5 Å². The van der Waals surface area contributed by atoms with E-state index in [1.807, 2.05) is 24.0 Å². The Hall–Kier alpha value is -1.99. The molecule has 5 nitrogen and oxygen atoms in total. The number of benzene rings is 1. The molecule has 0 unspecified atom stereocenters. The van der Waals surface area contributed by atoms with Gasteiger partial charge in [0.1, 0.15) is 0 Å². The first-order valence-electron chi connectivity index (χ1n) is 8.49. The predicted molar refractivity (Wildman–Crippen MR) is 107 cm³/mol. The fourth-order valence-electron chi connectivity index (χ4n) is 2.55. The SMILES string of the molecule is CCOC(=O)c1ccc2nc(SCc3nccc(SCC)c3C)[nH]c2c1. The van der Waals surface area contributed by atoms with Gasteiger partial charge in [0.2, 0.25) is 0 Å². The maximum atomic E-state index is 11.9. The molecule has 7 heteroatoms. The van der Waals surface area contributed by atoms with Gasteiger partial charge in [-0.05, 0) is 49.4 Å². The summed E-state index contributed by atoms with van der Waals surface area (Å²) in [6.45, 7) is 6.43. The number of carbonyl (C=O) groups is 1. The van der Waals surface area contributed by atoms with Gasteiger partial charge in [0.05, 0.1) is 28.9 Å². The van der Waals surface area contributed by atoms with Gasteiger partial charge in [-0.15, -0.1) is 11.8 Å². The van der Waals surface area contributed by atoms with Crippen LogP contribution in [-0.4, -0.2) is 33.3 Å². The lowest BCUT2D eigenvalue weighted by Gasteiger charge is -2.08. The number of thioether (sulfide) groups is 2. The smallest absolute Gasteiger partial charge is 0.338 e. The highest BCUT2D eigenvalue weighted by atomic mass is 32.2. The van der Waals surface area contributed by atoms with Gasteiger partial charge in [0.25, 0.3) is 0 Å². The second-order valence-corrected chi connectivity index (χ2v) is 7.87. The Kier molecular flexibility index (Phi) is 6.21. The van der Waals surface area contributed by atoms with E-state index in [9.17, 15) is 4.79 Å². The van der Waals surface area contributed by atoms with Gasteiger partial charge < -0.3 is 9.72 Å². The summed E-state index contributed by atoms with van der Waals surface area (Å²) < 4.78 is 5.04. The number of aromatic amines is 1. The first-order chi connectivity index (χ1) is 12.6. The number of pyridine rings is 1. The molecule has 1 N–H and O–H groups in total. The van der Waals surface area contributed by atoms with E-state index in [0.29, 0.717) is 12.2 Å². The molecule has 2 aromatic heterocycles. The summed E-state index contributed by atoms with van der Waals surface area (Å²) in [7, 11) is 0. The third-order valence-corrected chi connectivity index (χ3v) is 5.80. The van der Waals surface area contributed by atoms with Crippen molar-refractivity contribution in [2.45, 2.75) is 36.6 Å². The molecule has 0 aliphatic carbocycles. The van der Waals surface area contributed by atoms with Gasteiger partial charge in [-0.2, -0.15) is 0 Å². The van der Waals surface area contributed by atoms with Crippen molar-refractivity contribution < 1.29 is 9.53 Å². The van der Waals surface area contributed by atoms with Crippen molar-refractivity contribution in [3.05, 3.63) is 47.3 Å². The number of carbonyl (C=O) groups excluding carboxylic acids is 1. The molecule has 0 aliphatic rings. The van der Waals surface area contributed by atoms with E-state index in [-0.39, 0.29) is 5.97 Å². The number of imidazole rings is 1. The van der Waals surface area contributed by atoms with E-state index in [4.69, 9.17) is 4.74 Å². The fraction of sp³-hybridized carbons (Fsp3) is 0.316. The number of ether oxygens (including phenoxy) is 1. The Morgan fingerprint density at radius 3 is 2.85 bits per heavy atom. The van der Waals surface area contributed by atoms with E-state index in [1.54, 1.807) is 30.8 Å². The number of nitrogens with zero attached hydrogens (tertiary/aromatic N) is 2. The van der Waals surface area contributed by atoms with Crippen LogP contribution in [-0.2, 0) is 10.5 Å². The van der Waals surface area contributed by atoms with Crippen LogP contribution in [0.2, 0.25) is 0 Å². The molecule has 0 atom stereocenters. The normalized spacial score (nSPS) is 11.0. The quantitative estimate of drug-likeness (QED) is 0.462. The van der Waals surface area contributed by atoms with E-state index in [2.05, 4.69) is 34.9 Å². The molecule has 0 radical (unpaired) electrons. The summed E-state index contributed by atoms with van der Waals surface area (Å²) in [5, 5.41) is 0.816. The van der Waals surface area contributed by atoms with Crippen molar-refractivity contribution in [1.82, 2.24) is 15.0 Å². The molecule has 1 aromatic carbocycles. The molecular weight excluding hydrogens is 366 g/mol. The molecule has 0 saturated heterocycles. The number of fused-ring (bicyclic) bond motifs is 1. The van der Waals surface area contributed by atoms with Crippen molar-refractivity contribution in [3.63, 3.8) is 0 Å². The van der Waals surface area contributed by atoms with E-state index in [0.717, 1.165) is 33.4 Å². The van der Waals surface area contributed by atoms with E-state index >= 15 is 0 Å². The van der Waals surface area contributed by atoms with Crippen molar-refractivity contribution in [2.24, 2.45) is 0 Å². The summed E-state index contributed by atoms with van der Waals surface area (Å²) in [6.07, 6.45) is 1.87. The minimum Gasteiger partial charge on any atom is -0.462 e. The maximum Gasteiger partial charge on any atom is 0.338 e. The van der Waals surface area contributed by atoms with Gasteiger partial charge in [0.15, 0.2) is 5.16 Å². The fourth-order valence-corrected chi connectivity index (χ4v) is 4.26. The third kappa shape index (κ3) is 4.22. The van der Waals surface area contributed by atoms with Crippen LogP contribution in [0.3, 0.4) is 0 Å². The first kappa shape index (κ1) is 18.8. The number of nitrogens with one attached hydrogen (secondary N) is 1. The Morgan fingerprint density at radius 2 is 2.08 bits per heavy atom. The van der Waals surface area contributed by atoms with Gasteiger partial charge in [-0.25, -0.2) is 9.78 Å². The zero-order valence-corrected chi connectivity index (χ0v) is 16.7. The molecule has 0 aliphatic heterocycles. The summed E-state index contributed by atoms with van der Waals surface area (Å²) in [5.41, 5.74) is 4.49. The van der Waals surface area contributed by atoms with Crippen LogP contribution in [0.1, 0.15) is 35.5 Å². The molecule has 0 bridgehead atoms. The molecule has 0 fully saturated rings. The summed E-state index contributed by atoms with van der Waals surface area (Å²) in [6, 6.07) is 7.43. The number of hydrogen-bond acceptors (Lipinski definition) is 6. The lowest BCUT2D eigenvalue weighted by Crippen LogP contribution is -2.04. The number of H-pyrrole nitrogens is 1. The Labute approximate surface area is 161 Å². The Morgan fingerprint density at radius 1 is 1.23 bits per heavy atom. The second-order valence-electron chi connectivity index (χ2n) is 5.60.